The smallest absolute Gasteiger partial charge is 0.335 e. The second-order valence-corrected chi connectivity index (χ2v) is 9.58. The molecule has 0 amide bonds. The lowest BCUT2D eigenvalue weighted by Gasteiger charge is -2.30. The average molecular weight is 416 g/mol. The van der Waals surface area contributed by atoms with Gasteiger partial charge in [-0.25, -0.2) is 4.79 Å². The van der Waals surface area contributed by atoms with Crippen molar-refractivity contribution in [1.29, 1.82) is 0 Å². The summed E-state index contributed by atoms with van der Waals surface area (Å²) >= 11 is 0. The molecule has 1 aliphatic carbocycles. The molecule has 0 heterocycles. The van der Waals surface area contributed by atoms with Crippen LogP contribution in [0.15, 0.2) is 24.3 Å². The number of hydrogen-bond donors (Lipinski definition) is 1. The Bertz CT molecular complexity index is 567. The van der Waals surface area contributed by atoms with E-state index in [1.807, 2.05) is 12.1 Å². The summed E-state index contributed by atoms with van der Waals surface area (Å²) in [6, 6.07) is 7.73. The van der Waals surface area contributed by atoms with Gasteiger partial charge in [-0.3, -0.25) is 4.90 Å². The van der Waals surface area contributed by atoms with E-state index in [4.69, 9.17) is 5.11 Å². The maximum Gasteiger partial charge on any atom is 0.335 e. The van der Waals surface area contributed by atoms with E-state index in [9.17, 15) is 4.79 Å². The predicted octanol–water partition coefficient (Wildman–Crippen LogP) is 7.86. The Kier molecular flexibility index (Phi) is 12.1. The number of benzene rings is 1. The van der Waals surface area contributed by atoms with E-state index >= 15 is 0 Å². The van der Waals surface area contributed by atoms with Gasteiger partial charge in [-0.2, -0.15) is 0 Å². The standard InChI is InChI=1S/C27H45NO2/c1-23(25-18-20-26(21-19-25)27(29)30)28(2)22-24-16-14-12-10-8-6-4-3-5-7-9-11-13-15-17-24/h18-21,23-24H,3-17,22H2,1-2H3,(H,29,30). The lowest BCUT2D eigenvalue weighted by Crippen LogP contribution is -2.28. The van der Waals surface area contributed by atoms with Crippen LogP contribution >= 0.6 is 0 Å². The highest BCUT2D eigenvalue weighted by atomic mass is 16.4. The minimum Gasteiger partial charge on any atom is -0.478 e. The average Bonchev–Trinajstić information content (AvgIpc) is 2.74. The fourth-order valence-corrected chi connectivity index (χ4v) is 4.86. The van der Waals surface area contributed by atoms with Gasteiger partial charge in [0.1, 0.15) is 0 Å². The molecule has 0 saturated heterocycles. The molecule has 30 heavy (non-hydrogen) atoms. The normalized spacial score (nSPS) is 20.1. The number of aromatic carboxylic acids is 1. The summed E-state index contributed by atoms with van der Waals surface area (Å²) in [5, 5.41) is 9.12. The van der Waals surface area contributed by atoms with E-state index < -0.39 is 5.97 Å². The molecule has 1 fully saturated rings. The molecule has 3 heteroatoms. The fraction of sp³-hybridized carbons (Fsp3) is 0.741. The molecule has 1 saturated carbocycles. The van der Waals surface area contributed by atoms with Crippen molar-refractivity contribution in [2.75, 3.05) is 13.6 Å². The molecule has 0 aromatic heterocycles. The molecule has 1 N–H and O–H groups in total. The number of nitrogens with zero attached hydrogens (tertiary/aromatic N) is 1. The number of rotatable bonds is 5. The van der Waals surface area contributed by atoms with Crippen LogP contribution in [0.3, 0.4) is 0 Å². The number of carboxylic acid groups (broad SMARTS) is 1. The van der Waals surface area contributed by atoms with Crippen molar-refractivity contribution >= 4 is 5.97 Å². The Hall–Kier alpha value is -1.35. The lowest BCUT2D eigenvalue weighted by atomic mass is 9.92. The highest BCUT2D eigenvalue weighted by Crippen LogP contribution is 2.25. The molecule has 3 nitrogen and oxygen atoms in total. The van der Waals surface area contributed by atoms with Gasteiger partial charge < -0.3 is 5.11 Å². The Morgan fingerprint density at radius 3 is 1.63 bits per heavy atom. The first-order valence-corrected chi connectivity index (χ1v) is 12.6. The summed E-state index contributed by atoms with van der Waals surface area (Å²) in [7, 11) is 2.23. The first-order chi connectivity index (χ1) is 14.6. The molecule has 0 radical (unpaired) electrons. The highest BCUT2D eigenvalue weighted by molar-refractivity contribution is 5.87. The third-order valence-electron chi connectivity index (χ3n) is 7.07. The number of carbonyl (C=O) groups is 1. The van der Waals surface area contributed by atoms with Gasteiger partial charge in [-0.15, -0.1) is 0 Å². The molecule has 0 spiro atoms. The second-order valence-electron chi connectivity index (χ2n) is 9.58. The highest BCUT2D eigenvalue weighted by Gasteiger charge is 2.17. The van der Waals surface area contributed by atoms with E-state index in [2.05, 4.69) is 18.9 Å². The SMILES string of the molecule is CC(c1ccc(C(=O)O)cc1)N(C)CC1CCCCCCCCCCCCCCC1. The first-order valence-electron chi connectivity index (χ1n) is 12.6. The molecule has 0 bridgehead atoms. The van der Waals surface area contributed by atoms with Gasteiger partial charge >= 0.3 is 5.97 Å². The summed E-state index contributed by atoms with van der Waals surface area (Å²) in [6.45, 7) is 3.38. The number of hydrogen-bond acceptors (Lipinski definition) is 2. The number of carboxylic acids is 1. The molecule has 1 atom stereocenters. The monoisotopic (exact) mass is 415 g/mol. The maximum atomic E-state index is 11.1. The van der Waals surface area contributed by atoms with Crippen molar-refractivity contribution in [2.45, 2.75) is 109 Å². The quantitative estimate of drug-likeness (QED) is 0.532. The van der Waals surface area contributed by atoms with Crippen LogP contribution in [0, 0.1) is 5.92 Å². The van der Waals surface area contributed by atoms with E-state index in [-0.39, 0.29) is 0 Å². The van der Waals surface area contributed by atoms with Crippen LogP contribution in [-0.4, -0.2) is 29.6 Å². The Morgan fingerprint density at radius 2 is 1.23 bits per heavy atom. The molecular weight excluding hydrogens is 370 g/mol. The van der Waals surface area contributed by atoms with Gasteiger partial charge in [0, 0.05) is 12.6 Å². The van der Waals surface area contributed by atoms with Crippen LogP contribution in [0.1, 0.15) is 125 Å². The minimum atomic E-state index is -0.853. The van der Waals surface area contributed by atoms with Gasteiger partial charge in [0.05, 0.1) is 5.56 Å². The van der Waals surface area contributed by atoms with Crippen LogP contribution in [0.5, 0.6) is 0 Å². The van der Waals surface area contributed by atoms with Crippen molar-refractivity contribution in [3.05, 3.63) is 35.4 Å². The van der Waals surface area contributed by atoms with Gasteiger partial charge in [-0.1, -0.05) is 95.6 Å². The molecule has 170 valence electrons. The van der Waals surface area contributed by atoms with Crippen LogP contribution in [0.2, 0.25) is 0 Å². The van der Waals surface area contributed by atoms with Crippen LogP contribution < -0.4 is 0 Å². The second kappa shape index (κ2) is 14.6. The van der Waals surface area contributed by atoms with E-state index in [0.717, 1.165) is 12.5 Å². The van der Waals surface area contributed by atoms with E-state index in [0.29, 0.717) is 11.6 Å². The lowest BCUT2D eigenvalue weighted by molar-refractivity contribution is 0.0697. The summed E-state index contributed by atoms with van der Waals surface area (Å²) < 4.78 is 0. The topological polar surface area (TPSA) is 40.5 Å². The molecule has 0 aliphatic heterocycles. The summed E-state index contributed by atoms with van der Waals surface area (Å²) in [4.78, 5) is 13.6. The Balaban J connectivity index is 1.86. The van der Waals surface area contributed by atoms with E-state index in [1.54, 1.807) is 12.1 Å². The maximum absolute atomic E-state index is 11.1. The zero-order chi connectivity index (χ0) is 21.6. The third kappa shape index (κ3) is 9.64. The molecule has 1 aromatic rings. The Morgan fingerprint density at radius 1 is 0.833 bits per heavy atom. The van der Waals surface area contributed by atoms with Crippen molar-refractivity contribution in [2.24, 2.45) is 5.92 Å². The molecular formula is C27H45NO2. The zero-order valence-corrected chi connectivity index (χ0v) is 19.6. The van der Waals surface area contributed by atoms with Crippen LogP contribution in [0.25, 0.3) is 0 Å². The molecule has 1 aromatic carbocycles. The summed E-state index contributed by atoms with van der Waals surface area (Å²) in [5.74, 6) is -0.0720. The largest absolute Gasteiger partial charge is 0.478 e. The minimum absolute atomic E-state index is 0.313. The first kappa shape index (κ1) is 24.9. The fourth-order valence-electron chi connectivity index (χ4n) is 4.86. The van der Waals surface area contributed by atoms with Crippen molar-refractivity contribution < 1.29 is 9.90 Å². The van der Waals surface area contributed by atoms with Crippen LogP contribution in [0.4, 0.5) is 0 Å². The zero-order valence-electron chi connectivity index (χ0n) is 19.6. The molecule has 2 rings (SSSR count). The van der Waals surface area contributed by atoms with Gasteiger partial charge in [0.2, 0.25) is 0 Å². The predicted molar refractivity (Wildman–Crippen MR) is 127 cm³/mol. The van der Waals surface area contributed by atoms with Crippen molar-refractivity contribution in [3.63, 3.8) is 0 Å². The third-order valence-corrected chi connectivity index (χ3v) is 7.07. The van der Waals surface area contributed by atoms with Gasteiger partial charge in [0.15, 0.2) is 0 Å². The van der Waals surface area contributed by atoms with Gasteiger partial charge in [0.25, 0.3) is 0 Å². The Labute approximate surface area is 185 Å². The van der Waals surface area contributed by atoms with Crippen LogP contribution in [-0.2, 0) is 0 Å². The van der Waals surface area contributed by atoms with Crippen molar-refractivity contribution in [3.8, 4) is 0 Å². The van der Waals surface area contributed by atoms with Gasteiger partial charge in [-0.05, 0) is 50.4 Å². The van der Waals surface area contributed by atoms with Crippen molar-refractivity contribution in [1.82, 2.24) is 4.90 Å². The molecule has 1 unspecified atom stereocenters. The summed E-state index contributed by atoms with van der Waals surface area (Å²) in [6.07, 6.45) is 21.1. The molecule has 1 aliphatic rings. The summed E-state index contributed by atoms with van der Waals surface area (Å²) in [5.41, 5.74) is 1.57. The van der Waals surface area contributed by atoms with E-state index in [1.165, 1.54) is 102 Å².